The molecule has 1 saturated carbocycles. The molecule has 0 atom stereocenters. The molecule has 0 amide bonds. The van der Waals surface area contributed by atoms with Crippen molar-refractivity contribution >= 4 is 6.08 Å². The molecule has 0 aromatic carbocycles. The average molecular weight is 155 g/mol. The molecule has 0 aromatic heterocycles. The van der Waals surface area contributed by atoms with E-state index in [0.717, 1.165) is 12.8 Å². The summed E-state index contributed by atoms with van der Waals surface area (Å²) in [6.45, 7) is 4.02. The van der Waals surface area contributed by atoms with Gasteiger partial charge in [-0.25, -0.2) is 9.79 Å². The molecule has 1 aliphatic carbocycles. The van der Waals surface area contributed by atoms with Crippen molar-refractivity contribution in [1.82, 2.24) is 0 Å². The van der Waals surface area contributed by atoms with Gasteiger partial charge in [0.15, 0.2) is 0 Å². The zero-order chi connectivity index (χ0) is 8.27. The van der Waals surface area contributed by atoms with E-state index in [1.165, 1.54) is 0 Å². The Morgan fingerprint density at radius 3 is 2.64 bits per heavy atom. The molecule has 0 spiro atoms. The van der Waals surface area contributed by atoms with E-state index in [-0.39, 0.29) is 12.1 Å². The molecule has 1 fully saturated rings. The van der Waals surface area contributed by atoms with E-state index in [1.54, 1.807) is 6.08 Å². The van der Waals surface area contributed by atoms with Crippen LogP contribution in [-0.4, -0.2) is 24.3 Å². The highest BCUT2D eigenvalue weighted by Crippen LogP contribution is 2.26. The number of carbonyl (C=O) groups excluding carboxylic acids is 1. The highest BCUT2D eigenvalue weighted by atomic mass is 16.5. The summed E-state index contributed by atoms with van der Waals surface area (Å²) in [5.74, 6) is 0. The van der Waals surface area contributed by atoms with Crippen molar-refractivity contribution in [2.24, 2.45) is 4.99 Å². The topological polar surface area (TPSA) is 38.7 Å². The summed E-state index contributed by atoms with van der Waals surface area (Å²) in [5.41, 5.74) is 0. The van der Waals surface area contributed by atoms with Crippen molar-refractivity contribution in [2.45, 2.75) is 44.9 Å². The fraction of sp³-hybridized carbons (Fsp3) is 0.875. The van der Waals surface area contributed by atoms with Gasteiger partial charge in [-0.2, -0.15) is 0 Å². The molecule has 3 heteroatoms. The minimum absolute atomic E-state index is 0.177. The van der Waals surface area contributed by atoms with Crippen molar-refractivity contribution < 1.29 is 9.53 Å². The van der Waals surface area contributed by atoms with Crippen LogP contribution in [0.2, 0.25) is 0 Å². The first-order valence-corrected chi connectivity index (χ1v) is 3.95. The minimum Gasteiger partial charge on any atom is -0.375 e. The highest BCUT2D eigenvalue weighted by Gasteiger charge is 2.30. The fourth-order valence-corrected chi connectivity index (χ4v) is 1.21. The number of isocyanates is 1. The third-order valence-electron chi connectivity index (χ3n) is 1.77. The van der Waals surface area contributed by atoms with E-state index in [9.17, 15) is 4.79 Å². The van der Waals surface area contributed by atoms with Gasteiger partial charge in [0.25, 0.3) is 0 Å². The first kappa shape index (κ1) is 8.44. The SMILES string of the molecule is CC(C)OC1CC(N=C=O)C1. The fourth-order valence-electron chi connectivity index (χ4n) is 1.21. The number of nitrogens with zero attached hydrogens (tertiary/aromatic N) is 1. The summed E-state index contributed by atoms with van der Waals surface area (Å²) in [6.07, 6.45) is 3.92. The first-order valence-electron chi connectivity index (χ1n) is 3.95. The minimum atomic E-state index is 0.177. The first-order chi connectivity index (χ1) is 5.22. The number of ether oxygens (including phenoxy) is 1. The van der Waals surface area contributed by atoms with Gasteiger partial charge in [-0.3, -0.25) is 0 Å². The zero-order valence-electron chi connectivity index (χ0n) is 6.91. The van der Waals surface area contributed by atoms with Crippen LogP contribution in [-0.2, 0) is 9.53 Å². The Morgan fingerprint density at radius 2 is 2.18 bits per heavy atom. The molecule has 1 rings (SSSR count). The highest BCUT2D eigenvalue weighted by molar-refractivity contribution is 5.34. The van der Waals surface area contributed by atoms with Crippen molar-refractivity contribution in [3.63, 3.8) is 0 Å². The molecular formula is C8H13NO2. The quantitative estimate of drug-likeness (QED) is 0.455. The summed E-state index contributed by atoms with van der Waals surface area (Å²) < 4.78 is 5.47. The third-order valence-corrected chi connectivity index (χ3v) is 1.77. The molecule has 62 valence electrons. The molecule has 0 N–H and O–H groups in total. The molecule has 0 aliphatic heterocycles. The van der Waals surface area contributed by atoms with Crippen LogP contribution < -0.4 is 0 Å². The lowest BCUT2D eigenvalue weighted by Gasteiger charge is -2.32. The normalized spacial score (nSPS) is 29.4. The average Bonchev–Trinajstić information content (AvgIpc) is 1.82. The Hall–Kier alpha value is -0.660. The van der Waals surface area contributed by atoms with Crippen LogP contribution >= 0.6 is 0 Å². The number of hydrogen-bond acceptors (Lipinski definition) is 3. The Bertz CT molecular complexity index is 167. The van der Waals surface area contributed by atoms with Gasteiger partial charge in [-0.15, -0.1) is 0 Å². The number of aliphatic imine (C=N–C) groups is 1. The van der Waals surface area contributed by atoms with Crippen LogP contribution in [0, 0.1) is 0 Å². The maximum Gasteiger partial charge on any atom is 0.235 e. The largest absolute Gasteiger partial charge is 0.375 e. The summed E-state index contributed by atoms with van der Waals surface area (Å²) in [6, 6.07) is 0.177. The number of hydrogen-bond donors (Lipinski definition) is 0. The lowest BCUT2D eigenvalue weighted by molar-refractivity contribution is -0.0428. The Balaban J connectivity index is 2.14. The van der Waals surface area contributed by atoms with Crippen LogP contribution in [0.1, 0.15) is 26.7 Å². The second kappa shape index (κ2) is 3.65. The third kappa shape index (κ3) is 2.45. The predicted octanol–water partition coefficient (Wildman–Crippen LogP) is 1.28. The Kier molecular flexibility index (Phi) is 2.80. The molecule has 0 saturated heterocycles. The summed E-state index contributed by atoms with van der Waals surface area (Å²) in [4.78, 5) is 13.4. The summed E-state index contributed by atoms with van der Waals surface area (Å²) >= 11 is 0. The van der Waals surface area contributed by atoms with Gasteiger partial charge in [-0.05, 0) is 26.7 Å². The van der Waals surface area contributed by atoms with Crippen LogP contribution in [0.25, 0.3) is 0 Å². The van der Waals surface area contributed by atoms with Crippen LogP contribution in [0.15, 0.2) is 4.99 Å². The van der Waals surface area contributed by atoms with Crippen molar-refractivity contribution in [3.05, 3.63) is 0 Å². The van der Waals surface area contributed by atoms with Crippen molar-refractivity contribution in [1.29, 1.82) is 0 Å². The van der Waals surface area contributed by atoms with Gasteiger partial charge in [0.2, 0.25) is 6.08 Å². The molecule has 11 heavy (non-hydrogen) atoms. The molecular weight excluding hydrogens is 142 g/mol. The molecule has 3 nitrogen and oxygen atoms in total. The molecule has 0 radical (unpaired) electrons. The zero-order valence-corrected chi connectivity index (χ0v) is 6.91. The molecule has 0 unspecified atom stereocenters. The molecule has 0 heterocycles. The van der Waals surface area contributed by atoms with Crippen molar-refractivity contribution in [2.75, 3.05) is 0 Å². The van der Waals surface area contributed by atoms with Crippen LogP contribution in [0.5, 0.6) is 0 Å². The summed E-state index contributed by atoms with van der Waals surface area (Å²) in [5, 5.41) is 0. The standard InChI is InChI=1S/C8H13NO2/c1-6(2)11-8-3-7(4-8)9-5-10/h6-8H,3-4H2,1-2H3. The Labute approximate surface area is 66.5 Å². The van der Waals surface area contributed by atoms with Gasteiger partial charge in [0.05, 0.1) is 18.2 Å². The van der Waals surface area contributed by atoms with E-state index >= 15 is 0 Å². The second-order valence-corrected chi connectivity index (χ2v) is 3.15. The monoisotopic (exact) mass is 155 g/mol. The van der Waals surface area contributed by atoms with E-state index in [2.05, 4.69) is 4.99 Å². The molecule has 0 aromatic rings. The molecule has 0 bridgehead atoms. The van der Waals surface area contributed by atoms with Gasteiger partial charge < -0.3 is 4.74 Å². The van der Waals surface area contributed by atoms with E-state index in [4.69, 9.17) is 4.74 Å². The lowest BCUT2D eigenvalue weighted by atomic mass is 9.90. The van der Waals surface area contributed by atoms with Gasteiger partial charge in [-0.1, -0.05) is 0 Å². The van der Waals surface area contributed by atoms with E-state index in [1.807, 2.05) is 13.8 Å². The maximum absolute atomic E-state index is 9.80. The maximum atomic E-state index is 9.80. The predicted molar refractivity (Wildman–Crippen MR) is 41.2 cm³/mol. The summed E-state index contributed by atoms with van der Waals surface area (Å²) in [7, 11) is 0. The van der Waals surface area contributed by atoms with Gasteiger partial charge in [0, 0.05) is 0 Å². The lowest BCUT2D eigenvalue weighted by Crippen LogP contribution is -2.35. The van der Waals surface area contributed by atoms with Crippen LogP contribution in [0.4, 0.5) is 0 Å². The van der Waals surface area contributed by atoms with Crippen LogP contribution in [0.3, 0.4) is 0 Å². The second-order valence-electron chi connectivity index (χ2n) is 3.15. The van der Waals surface area contributed by atoms with Crippen molar-refractivity contribution in [3.8, 4) is 0 Å². The van der Waals surface area contributed by atoms with Gasteiger partial charge >= 0.3 is 0 Å². The van der Waals surface area contributed by atoms with E-state index < -0.39 is 0 Å². The molecule has 1 aliphatic rings. The van der Waals surface area contributed by atoms with E-state index in [0.29, 0.717) is 6.10 Å². The Morgan fingerprint density at radius 1 is 1.55 bits per heavy atom. The number of rotatable bonds is 3. The smallest absolute Gasteiger partial charge is 0.235 e. The van der Waals surface area contributed by atoms with Gasteiger partial charge in [0.1, 0.15) is 0 Å².